The Hall–Kier alpha value is -0.340. The van der Waals surface area contributed by atoms with Gasteiger partial charge in [0, 0.05) is 15.8 Å². The Balaban J connectivity index is 2.98. The van der Waals surface area contributed by atoms with Crippen molar-refractivity contribution in [1.82, 2.24) is 0 Å². The van der Waals surface area contributed by atoms with E-state index in [1.165, 1.54) is 15.3 Å². The molecule has 0 saturated heterocycles. The molecule has 1 aromatic rings. The van der Waals surface area contributed by atoms with E-state index < -0.39 is 0 Å². The molecule has 2 heteroatoms. The largest absolute Gasteiger partial charge is 0.324 e. The average molecular weight is 155 g/mol. The summed E-state index contributed by atoms with van der Waals surface area (Å²) in [7, 11) is 0. The van der Waals surface area contributed by atoms with Gasteiger partial charge in [-0.3, -0.25) is 0 Å². The van der Waals surface area contributed by atoms with E-state index in [1.54, 1.807) is 11.3 Å². The summed E-state index contributed by atoms with van der Waals surface area (Å²) >= 11 is 1.80. The lowest BCUT2D eigenvalue weighted by Crippen LogP contribution is -2.01. The van der Waals surface area contributed by atoms with E-state index in [0.717, 1.165) is 0 Å². The normalized spacial score (nSPS) is 13.6. The number of rotatable bonds is 1. The van der Waals surface area contributed by atoms with Crippen LogP contribution in [-0.4, -0.2) is 0 Å². The first-order chi connectivity index (χ1) is 4.61. The number of hydrogen-bond acceptors (Lipinski definition) is 2. The molecule has 0 aliphatic rings. The molecule has 0 fully saturated rings. The van der Waals surface area contributed by atoms with Gasteiger partial charge in [0.15, 0.2) is 0 Å². The fourth-order valence-corrected chi connectivity index (χ4v) is 1.82. The van der Waals surface area contributed by atoms with Crippen molar-refractivity contribution in [3.05, 3.63) is 21.4 Å². The van der Waals surface area contributed by atoms with Crippen LogP contribution in [0.15, 0.2) is 6.07 Å². The molecule has 0 saturated carbocycles. The third-order valence-corrected chi connectivity index (χ3v) is 2.99. The van der Waals surface area contributed by atoms with E-state index in [0.29, 0.717) is 0 Å². The van der Waals surface area contributed by atoms with Gasteiger partial charge < -0.3 is 5.73 Å². The van der Waals surface area contributed by atoms with Crippen LogP contribution in [0.1, 0.15) is 28.3 Å². The van der Waals surface area contributed by atoms with Crippen molar-refractivity contribution >= 4 is 11.3 Å². The van der Waals surface area contributed by atoms with Gasteiger partial charge in [0.05, 0.1) is 0 Å². The molecule has 2 N–H and O–H groups in total. The van der Waals surface area contributed by atoms with Crippen LogP contribution in [0.5, 0.6) is 0 Å². The number of aryl methyl sites for hydroxylation is 2. The maximum absolute atomic E-state index is 5.71. The number of thiophene rings is 1. The average Bonchev–Trinajstić information content (AvgIpc) is 2.13. The molecule has 1 atom stereocenters. The van der Waals surface area contributed by atoms with Gasteiger partial charge in [-0.05, 0) is 32.4 Å². The van der Waals surface area contributed by atoms with Gasteiger partial charge in [0.1, 0.15) is 0 Å². The maximum atomic E-state index is 5.71. The van der Waals surface area contributed by atoms with Crippen molar-refractivity contribution in [3.8, 4) is 0 Å². The molecule has 1 nitrogen and oxygen atoms in total. The lowest BCUT2D eigenvalue weighted by atomic mass is 10.2. The molecule has 0 aromatic carbocycles. The fraction of sp³-hybridized carbons (Fsp3) is 0.500. The lowest BCUT2D eigenvalue weighted by molar-refractivity contribution is 0.838. The van der Waals surface area contributed by atoms with Crippen LogP contribution in [0.25, 0.3) is 0 Å². The van der Waals surface area contributed by atoms with Gasteiger partial charge in [-0.2, -0.15) is 0 Å². The summed E-state index contributed by atoms with van der Waals surface area (Å²) < 4.78 is 0. The van der Waals surface area contributed by atoms with Crippen LogP contribution in [0.3, 0.4) is 0 Å². The second kappa shape index (κ2) is 2.72. The molecule has 10 heavy (non-hydrogen) atoms. The first-order valence-corrected chi connectivity index (χ1v) is 4.25. The van der Waals surface area contributed by atoms with E-state index in [1.807, 2.05) is 6.92 Å². The van der Waals surface area contributed by atoms with Crippen molar-refractivity contribution in [2.45, 2.75) is 26.8 Å². The molecule has 0 aliphatic carbocycles. The minimum atomic E-state index is 0.192. The Morgan fingerprint density at radius 2 is 2.10 bits per heavy atom. The maximum Gasteiger partial charge on any atom is 0.0361 e. The topological polar surface area (TPSA) is 26.0 Å². The molecule has 1 unspecified atom stereocenters. The third kappa shape index (κ3) is 1.39. The highest BCUT2D eigenvalue weighted by Crippen LogP contribution is 2.24. The summed E-state index contributed by atoms with van der Waals surface area (Å²) in [4.78, 5) is 2.67. The smallest absolute Gasteiger partial charge is 0.0361 e. The molecule has 1 heterocycles. The van der Waals surface area contributed by atoms with Crippen LogP contribution in [-0.2, 0) is 0 Å². The highest BCUT2D eigenvalue weighted by Gasteiger charge is 2.03. The Kier molecular flexibility index (Phi) is 2.11. The number of nitrogens with two attached hydrogens (primary N) is 1. The van der Waals surface area contributed by atoms with E-state index in [9.17, 15) is 0 Å². The zero-order valence-corrected chi connectivity index (χ0v) is 7.46. The summed E-state index contributed by atoms with van der Waals surface area (Å²) in [6.07, 6.45) is 0. The molecule has 0 spiro atoms. The molecular weight excluding hydrogens is 142 g/mol. The molecule has 0 radical (unpaired) electrons. The van der Waals surface area contributed by atoms with E-state index in [2.05, 4.69) is 19.9 Å². The molecule has 1 rings (SSSR count). The van der Waals surface area contributed by atoms with Crippen LogP contribution in [0, 0.1) is 13.8 Å². The Bertz CT molecular complexity index is 206. The third-order valence-electron chi connectivity index (χ3n) is 1.63. The zero-order valence-electron chi connectivity index (χ0n) is 6.64. The summed E-state index contributed by atoms with van der Waals surface area (Å²) in [5.41, 5.74) is 7.06. The van der Waals surface area contributed by atoms with Gasteiger partial charge in [0.25, 0.3) is 0 Å². The van der Waals surface area contributed by atoms with Crippen molar-refractivity contribution in [3.63, 3.8) is 0 Å². The predicted octanol–water partition coefficient (Wildman–Crippen LogP) is 2.38. The predicted molar refractivity (Wildman–Crippen MR) is 46.4 cm³/mol. The molecule has 0 bridgehead atoms. The summed E-state index contributed by atoms with van der Waals surface area (Å²) in [6.45, 7) is 6.27. The Labute approximate surface area is 65.9 Å². The molecule has 56 valence electrons. The summed E-state index contributed by atoms with van der Waals surface area (Å²) in [5, 5.41) is 0. The Morgan fingerprint density at radius 3 is 2.30 bits per heavy atom. The minimum absolute atomic E-state index is 0.192. The van der Waals surface area contributed by atoms with Crippen molar-refractivity contribution in [1.29, 1.82) is 0 Å². The van der Waals surface area contributed by atoms with E-state index in [4.69, 9.17) is 5.73 Å². The van der Waals surface area contributed by atoms with Gasteiger partial charge in [-0.15, -0.1) is 11.3 Å². The molecule has 0 aliphatic heterocycles. The SMILES string of the molecule is Cc1cc(C(C)N)sc1C. The molecular formula is C8H13NS. The van der Waals surface area contributed by atoms with Crippen LogP contribution >= 0.6 is 11.3 Å². The second-order valence-corrected chi connectivity index (χ2v) is 3.96. The van der Waals surface area contributed by atoms with Crippen molar-refractivity contribution in [2.24, 2.45) is 5.73 Å². The van der Waals surface area contributed by atoms with E-state index >= 15 is 0 Å². The first kappa shape index (κ1) is 7.76. The fourth-order valence-electron chi connectivity index (χ4n) is 0.826. The summed E-state index contributed by atoms with van der Waals surface area (Å²) in [5.74, 6) is 0. The minimum Gasteiger partial charge on any atom is -0.324 e. The Morgan fingerprint density at radius 1 is 1.50 bits per heavy atom. The summed E-state index contributed by atoms with van der Waals surface area (Å²) in [6, 6.07) is 2.36. The zero-order chi connectivity index (χ0) is 7.72. The van der Waals surface area contributed by atoms with Gasteiger partial charge >= 0.3 is 0 Å². The molecule has 1 aromatic heterocycles. The monoisotopic (exact) mass is 155 g/mol. The molecule has 0 amide bonds. The van der Waals surface area contributed by atoms with Crippen LogP contribution < -0.4 is 5.73 Å². The highest BCUT2D eigenvalue weighted by atomic mass is 32.1. The quantitative estimate of drug-likeness (QED) is 0.662. The first-order valence-electron chi connectivity index (χ1n) is 3.43. The lowest BCUT2D eigenvalue weighted by Gasteiger charge is -1.97. The van der Waals surface area contributed by atoms with Gasteiger partial charge in [-0.1, -0.05) is 0 Å². The second-order valence-electron chi connectivity index (χ2n) is 2.68. The standard InChI is InChI=1S/C8H13NS/c1-5-4-8(6(2)9)10-7(5)3/h4,6H,9H2,1-3H3. The van der Waals surface area contributed by atoms with Crippen molar-refractivity contribution in [2.75, 3.05) is 0 Å². The van der Waals surface area contributed by atoms with Crippen LogP contribution in [0.4, 0.5) is 0 Å². The van der Waals surface area contributed by atoms with Gasteiger partial charge in [-0.25, -0.2) is 0 Å². The van der Waals surface area contributed by atoms with E-state index in [-0.39, 0.29) is 6.04 Å². The van der Waals surface area contributed by atoms with Gasteiger partial charge in [0.2, 0.25) is 0 Å². The van der Waals surface area contributed by atoms with Crippen LogP contribution in [0.2, 0.25) is 0 Å². The number of hydrogen-bond donors (Lipinski definition) is 1. The highest BCUT2D eigenvalue weighted by molar-refractivity contribution is 7.12. The van der Waals surface area contributed by atoms with Crippen molar-refractivity contribution < 1.29 is 0 Å².